The summed E-state index contributed by atoms with van der Waals surface area (Å²) >= 11 is 0. The van der Waals surface area contributed by atoms with E-state index >= 15 is 0 Å². The van der Waals surface area contributed by atoms with Crippen molar-refractivity contribution >= 4 is 5.97 Å². The molecule has 2 rings (SSSR count). The second-order valence-electron chi connectivity index (χ2n) is 6.06. The Bertz CT molecular complexity index is 363. The fraction of sp³-hybridized carbons (Fsp3) is 0.812. The molecule has 4 atom stereocenters. The highest BCUT2D eigenvalue weighted by molar-refractivity contribution is 5.87. The Morgan fingerprint density at radius 1 is 1.45 bits per heavy atom. The average molecular weight is 282 g/mol. The number of rotatable bonds is 6. The third kappa shape index (κ3) is 3.23. The van der Waals surface area contributed by atoms with E-state index < -0.39 is 0 Å². The number of fused-ring (bicyclic) bond motifs is 1. The first-order chi connectivity index (χ1) is 9.54. The molecule has 0 aromatic rings. The van der Waals surface area contributed by atoms with Crippen molar-refractivity contribution in [2.24, 2.45) is 17.8 Å². The van der Waals surface area contributed by atoms with Gasteiger partial charge in [0.25, 0.3) is 0 Å². The minimum atomic E-state index is -0.272. The molecule has 2 saturated heterocycles. The largest absolute Gasteiger partial charge is 0.463 e. The van der Waals surface area contributed by atoms with Crippen molar-refractivity contribution in [3.8, 4) is 0 Å². The molecule has 0 radical (unpaired) electrons. The van der Waals surface area contributed by atoms with Crippen LogP contribution >= 0.6 is 0 Å². The Balaban J connectivity index is 1.92. The summed E-state index contributed by atoms with van der Waals surface area (Å²) in [6, 6.07) is 0. The van der Waals surface area contributed by atoms with Gasteiger partial charge in [-0.2, -0.15) is 0 Å². The molecule has 20 heavy (non-hydrogen) atoms. The Labute approximate surface area is 121 Å². The van der Waals surface area contributed by atoms with Crippen LogP contribution in [0.4, 0.5) is 0 Å². The van der Waals surface area contributed by atoms with E-state index in [-0.39, 0.29) is 18.4 Å². The minimum Gasteiger partial charge on any atom is -0.463 e. The summed E-state index contributed by atoms with van der Waals surface area (Å²) in [5.41, 5.74) is 0.566. The summed E-state index contributed by atoms with van der Waals surface area (Å²) < 4.78 is 16.7. The van der Waals surface area contributed by atoms with Crippen molar-refractivity contribution < 1.29 is 19.0 Å². The van der Waals surface area contributed by atoms with E-state index in [4.69, 9.17) is 14.2 Å². The Morgan fingerprint density at radius 2 is 2.20 bits per heavy atom. The molecule has 2 heterocycles. The maximum absolute atomic E-state index is 11.6. The van der Waals surface area contributed by atoms with E-state index in [0.717, 1.165) is 19.4 Å². The van der Waals surface area contributed by atoms with Crippen molar-refractivity contribution in [3.05, 3.63) is 12.2 Å². The molecular weight excluding hydrogens is 256 g/mol. The number of carbonyl (C=O) groups excluding carboxylic acids is 1. The molecule has 0 aromatic carbocycles. The summed E-state index contributed by atoms with van der Waals surface area (Å²) in [5, 5.41) is 0. The Hall–Kier alpha value is -0.870. The van der Waals surface area contributed by atoms with Crippen LogP contribution in [0.15, 0.2) is 12.2 Å². The highest BCUT2D eigenvalue weighted by atomic mass is 16.7. The van der Waals surface area contributed by atoms with Gasteiger partial charge in [0.2, 0.25) is 0 Å². The lowest BCUT2D eigenvalue weighted by molar-refractivity contribution is -0.138. The highest BCUT2D eigenvalue weighted by Crippen LogP contribution is 2.44. The van der Waals surface area contributed by atoms with Gasteiger partial charge in [-0.3, -0.25) is 0 Å². The van der Waals surface area contributed by atoms with Gasteiger partial charge < -0.3 is 14.2 Å². The van der Waals surface area contributed by atoms with Gasteiger partial charge in [0.05, 0.1) is 19.3 Å². The molecule has 0 amide bonds. The lowest BCUT2D eigenvalue weighted by Crippen LogP contribution is -2.26. The Kier molecular flexibility index (Phi) is 5.22. The molecule has 4 nitrogen and oxygen atoms in total. The SMILES string of the molecule is C=C(CC[C@@H]1C(C(C)C)O[C@@H]2OCC[C@@H]21)C(=O)OCC. The van der Waals surface area contributed by atoms with Gasteiger partial charge >= 0.3 is 5.97 Å². The summed E-state index contributed by atoms with van der Waals surface area (Å²) in [7, 11) is 0. The fourth-order valence-corrected chi connectivity index (χ4v) is 3.34. The van der Waals surface area contributed by atoms with E-state index in [0.29, 0.717) is 36.4 Å². The maximum atomic E-state index is 11.6. The molecule has 0 spiro atoms. The highest BCUT2D eigenvalue weighted by Gasteiger charge is 2.48. The van der Waals surface area contributed by atoms with Gasteiger partial charge in [-0.05, 0) is 38.0 Å². The van der Waals surface area contributed by atoms with Crippen LogP contribution in [0.1, 0.15) is 40.0 Å². The zero-order valence-electron chi connectivity index (χ0n) is 12.8. The maximum Gasteiger partial charge on any atom is 0.333 e. The van der Waals surface area contributed by atoms with E-state index in [2.05, 4.69) is 20.4 Å². The van der Waals surface area contributed by atoms with Crippen LogP contribution in [0.25, 0.3) is 0 Å². The summed E-state index contributed by atoms with van der Waals surface area (Å²) in [4.78, 5) is 11.6. The van der Waals surface area contributed by atoms with Crippen molar-refractivity contribution in [2.75, 3.05) is 13.2 Å². The predicted molar refractivity (Wildman–Crippen MR) is 76.1 cm³/mol. The zero-order chi connectivity index (χ0) is 14.7. The van der Waals surface area contributed by atoms with Crippen molar-refractivity contribution in [2.45, 2.75) is 52.4 Å². The van der Waals surface area contributed by atoms with Crippen LogP contribution < -0.4 is 0 Å². The first-order valence-electron chi connectivity index (χ1n) is 7.66. The van der Waals surface area contributed by atoms with Crippen LogP contribution in [0.3, 0.4) is 0 Å². The standard InChI is InChI=1S/C16H26O4/c1-5-18-15(17)11(4)6-7-12-13-8-9-19-16(13)20-14(12)10(2)3/h10,12-14,16H,4-9H2,1-3H3/t12-,13+,14?,16-/m0/s1. The third-order valence-corrected chi connectivity index (χ3v) is 4.35. The molecule has 0 saturated carbocycles. The first-order valence-corrected chi connectivity index (χ1v) is 7.66. The van der Waals surface area contributed by atoms with E-state index in [1.165, 1.54) is 0 Å². The van der Waals surface area contributed by atoms with Crippen LogP contribution in [0.2, 0.25) is 0 Å². The quantitative estimate of drug-likeness (QED) is 0.555. The molecule has 114 valence electrons. The molecular formula is C16H26O4. The smallest absolute Gasteiger partial charge is 0.333 e. The van der Waals surface area contributed by atoms with E-state index in [1.807, 2.05) is 6.92 Å². The first kappa shape index (κ1) is 15.5. The number of hydrogen-bond donors (Lipinski definition) is 0. The summed E-state index contributed by atoms with van der Waals surface area (Å²) in [5.74, 6) is 1.11. The predicted octanol–water partition coefficient (Wildman–Crippen LogP) is 2.92. The van der Waals surface area contributed by atoms with Gasteiger partial charge in [-0.25, -0.2) is 4.79 Å². The average Bonchev–Trinajstić information content (AvgIpc) is 2.96. The van der Waals surface area contributed by atoms with Crippen LogP contribution in [0, 0.1) is 17.8 Å². The Morgan fingerprint density at radius 3 is 2.85 bits per heavy atom. The van der Waals surface area contributed by atoms with E-state index in [9.17, 15) is 4.79 Å². The molecule has 0 bridgehead atoms. The van der Waals surface area contributed by atoms with Gasteiger partial charge in [-0.1, -0.05) is 20.4 Å². The van der Waals surface area contributed by atoms with Gasteiger partial charge in [0.15, 0.2) is 6.29 Å². The molecule has 2 fully saturated rings. The van der Waals surface area contributed by atoms with E-state index in [1.54, 1.807) is 0 Å². The minimum absolute atomic E-state index is 0.0386. The fourth-order valence-electron chi connectivity index (χ4n) is 3.34. The monoisotopic (exact) mass is 282 g/mol. The number of ether oxygens (including phenoxy) is 3. The lowest BCUT2D eigenvalue weighted by Gasteiger charge is -2.24. The second-order valence-corrected chi connectivity index (χ2v) is 6.06. The second kappa shape index (κ2) is 6.72. The molecule has 0 aromatic heterocycles. The number of carbonyl (C=O) groups is 1. The van der Waals surface area contributed by atoms with Crippen LogP contribution in [-0.4, -0.2) is 31.6 Å². The zero-order valence-corrected chi connectivity index (χ0v) is 12.8. The molecule has 2 aliphatic rings. The third-order valence-electron chi connectivity index (χ3n) is 4.35. The topological polar surface area (TPSA) is 44.8 Å². The van der Waals surface area contributed by atoms with Crippen LogP contribution in [-0.2, 0) is 19.0 Å². The lowest BCUT2D eigenvalue weighted by atomic mass is 9.80. The number of hydrogen-bond acceptors (Lipinski definition) is 4. The van der Waals surface area contributed by atoms with Crippen LogP contribution in [0.5, 0.6) is 0 Å². The molecule has 2 aliphatic heterocycles. The van der Waals surface area contributed by atoms with Crippen molar-refractivity contribution in [1.82, 2.24) is 0 Å². The summed E-state index contributed by atoms with van der Waals surface area (Å²) in [6.07, 6.45) is 2.85. The summed E-state index contributed by atoms with van der Waals surface area (Å²) in [6.45, 7) is 11.2. The van der Waals surface area contributed by atoms with Crippen molar-refractivity contribution in [1.29, 1.82) is 0 Å². The van der Waals surface area contributed by atoms with Gasteiger partial charge in [0, 0.05) is 11.5 Å². The molecule has 4 heteroatoms. The van der Waals surface area contributed by atoms with Gasteiger partial charge in [-0.15, -0.1) is 0 Å². The van der Waals surface area contributed by atoms with Crippen molar-refractivity contribution in [3.63, 3.8) is 0 Å². The molecule has 0 N–H and O–H groups in total. The molecule has 0 aliphatic carbocycles. The van der Waals surface area contributed by atoms with Gasteiger partial charge in [0.1, 0.15) is 0 Å². The molecule has 1 unspecified atom stereocenters. The normalized spacial score (nSPS) is 32.4. The number of esters is 1.